The molecule has 2 rings (SSSR count). The van der Waals surface area contributed by atoms with Crippen molar-refractivity contribution in [2.24, 2.45) is 0 Å². The van der Waals surface area contributed by atoms with Crippen molar-refractivity contribution in [3.63, 3.8) is 0 Å². The minimum Gasteiger partial charge on any atom is -0.363 e. The third-order valence-electron chi connectivity index (χ3n) is 2.75. The molecule has 0 saturated carbocycles. The molecule has 0 aliphatic rings. The lowest BCUT2D eigenvalue weighted by Crippen LogP contribution is -2.15. The van der Waals surface area contributed by atoms with Gasteiger partial charge in [0, 0.05) is 23.5 Å². The molecule has 0 aliphatic carbocycles. The zero-order valence-electron chi connectivity index (χ0n) is 12.0. The Hall–Kier alpha value is -2.24. The van der Waals surface area contributed by atoms with E-state index in [0.717, 1.165) is 30.2 Å². The summed E-state index contributed by atoms with van der Waals surface area (Å²) in [4.78, 5) is 27.1. The molecule has 0 aromatic carbocycles. The molecule has 6 nitrogen and oxygen atoms in total. The van der Waals surface area contributed by atoms with Crippen LogP contribution in [0, 0.1) is 13.8 Å². The normalized spacial score (nSPS) is 10.6. The van der Waals surface area contributed by atoms with Crippen LogP contribution in [0.15, 0.2) is 16.9 Å². The predicted molar refractivity (Wildman–Crippen MR) is 77.7 cm³/mol. The third-order valence-corrected chi connectivity index (χ3v) is 2.75. The molecule has 2 N–H and O–H groups in total. The van der Waals surface area contributed by atoms with Gasteiger partial charge in [-0.05, 0) is 20.3 Å². The number of aromatic nitrogens is 4. The molecule has 2 aromatic rings. The SMILES string of the molecule is CCCc1cc(NCc2nc(C)cc(=O)[nH]2)nc(C)n1. The van der Waals surface area contributed by atoms with Crippen LogP contribution in [0.4, 0.5) is 5.82 Å². The first kappa shape index (κ1) is 14.2. The molecule has 106 valence electrons. The maximum absolute atomic E-state index is 11.4. The van der Waals surface area contributed by atoms with Crippen LogP contribution in [-0.4, -0.2) is 19.9 Å². The van der Waals surface area contributed by atoms with Crippen LogP contribution in [0.25, 0.3) is 0 Å². The van der Waals surface area contributed by atoms with Crippen molar-refractivity contribution < 1.29 is 0 Å². The predicted octanol–water partition coefficient (Wildman–Crippen LogP) is 1.74. The maximum atomic E-state index is 11.4. The van der Waals surface area contributed by atoms with Gasteiger partial charge in [0.1, 0.15) is 17.5 Å². The first-order chi connectivity index (χ1) is 9.56. The van der Waals surface area contributed by atoms with Crippen LogP contribution in [0.3, 0.4) is 0 Å². The lowest BCUT2D eigenvalue weighted by atomic mass is 10.2. The van der Waals surface area contributed by atoms with E-state index in [0.29, 0.717) is 18.1 Å². The van der Waals surface area contributed by atoms with E-state index in [-0.39, 0.29) is 5.56 Å². The second-order valence-electron chi connectivity index (χ2n) is 4.73. The second-order valence-corrected chi connectivity index (χ2v) is 4.73. The summed E-state index contributed by atoms with van der Waals surface area (Å²) in [5.74, 6) is 2.09. The molecule has 2 aromatic heterocycles. The molecular weight excluding hydrogens is 254 g/mol. The van der Waals surface area contributed by atoms with Gasteiger partial charge in [0.2, 0.25) is 0 Å². The second kappa shape index (κ2) is 6.27. The lowest BCUT2D eigenvalue weighted by molar-refractivity contribution is 0.850. The molecule has 0 spiro atoms. The minimum absolute atomic E-state index is 0.139. The van der Waals surface area contributed by atoms with E-state index in [4.69, 9.17) is 0 Å². The van der Waals surface area contributed by atoms with Gasteiger partial charge in [0.25, 0.3) is 5.56 Å². The van der Waals surface area contributed by atoms with E-state index >= 15 is 0 Å². The average Bonchev–Trinajstić information content (AvgIpc) is 2.35. The molecule has 0 radical (unpaired) electrons. The summed E-state index contributed by atoms with van der Waals surface area (Å²) in [6.45, 7) is 6.22. The minimum atomic E-state index is -0.139. The van der Waals surface area contributed by atoms with Crippen molar-refractivity contribution in [3.05, 3.63) is 45.5 Å². The van der Waals surface area contributed by atoms with Gasteiger partial charge in [-0.2, -0.15) is 0 Å². The Morgan fingerprint density at radius 3 is 2.70 bits per heavy atom. The van der Waals surface area contributed by atoms with E-state index in [1.54, 1.807) is 6.92 Å². The summed E-state index contributed by atoms with van der Waals surface area (Å²) in [5.41, 5.74) is 1.59. The highest BCUT2D eigenvalue weighted by Crippen LogP contribution is 2.09. The van der Waals surface area contributed by atoms with E-state index in [1.165, 1.54) is 6.07 Å². The summed E-state index contributed by atoms with van der Waals surface area (Å²) in [7, 11) is 0. The summed E-state index contributed by atoms with van der Waals surface area (Å²) < 4.78 is 0. The number of rotatable bonds is 5. The highest BCUT2D eigenvalue weighted by Gasteiger charge is 2.03. The van der Waals surface area contributed by atoms with Crippen molar-refractivity contribution in [1.82, 2.24) is 19.9 Å². The van der Waals surface area contributed by atoms with Crippen LogP contribution >= 0.6 is 0 Å². The standard InChI is InChI=1S/C14H19N5O/c1-4-5-11-7-12(18-10(3)17-11)15-8-13-16-9(2)6-14(20)19-13/h6-7H,4-5,8H2,1-3H3,(H,15,17,18)(H,16,19,20). The fraction of sp³-hybridized carbons (Fsp3) is 0.429. The Balaban J connectivity index is 2.12. The number of aromatic amines is 1. The van der Waals surface area contributed by atoms with Crippen molar-refractivity contribution in [2.45, 2.75) is 40.2 Å². The van der Waals surface area contributed by atoms with Gasteiger partial charge in [-0.1, -0.05) is 13.3 Å². The number of anilines is 1. The molecule has 0 bridgehead atoms. The number of hydrogen-bond donors (Lipinski definition) is 2. The van der Waals surface area contributed by atoms with Gasteiger partial charge in [-0.25, -0.2) is 15.0 Å². The molecule has 2 heterocycles. The number of nitrogens with one attached hydrogen (secondary N) is 2. The van der Waals surface area contributed by atoms with Crippen LogP contribution in [0.2, 0.25) is 0 Å². The van der Waals surface area contributed by atoms with E-state index in [1.807, 2.05) is 13.0 Å². The van der Waals surface area contributed by atoms with Crippen LogP contribution in [-0.2, 0) is 13.0 Å². The fourth-order valence-corrected chi connectivity index (χ4v) is 2.00. The van der Waals surface area contributed by atoms with Gasteiger partial charge in [0.05, 0.1) is 6.54 Å². The highest BCUT2D eigenvalue weighted by atomic mass is 16.1. The van der Waals surface area contributed by atoms with Crippen LogP contribution in [0.1, 0.15) is 36.4 Å². The van der Waals surface area contributed by atoms with E-state index in [9.17, 15) is 4.79 Å². The molecular formula is C14H19N5O. The quantitative estimate of drug-likeness (QED) is 0.867. The highest BCUT2D eigenvalue weighted by molar-refractivity contribution is 5.36. The molecule has 0 aliphatic heterocycles. The zero-order valence-corrected chi connectivity index (χ0v) is 12.0. The van der Waals surface area contributed by atoms with Gasteiger partial charge < -0.3 is 10.3 Å². The number of aryl methyl sites for hydroxylation is 3. The van der Waals surface area contributed by atoms with Crippen LogP contribution in [0.5, 0.6) is 0 Å². The number of H-pyrrole nitrogens is 1. The van der Waals surface area contributed by atoms with Gasteiger partial charge in [-0.15, -0.1) is 0 Å². The van der Waals surface area contributed by atoms with E-state index in [2.05, 4.69) is 32.2 Å². The Labute approximate surface area is 117 Å². The summed E-state index contributed by atoms with van der Waals surface area (Å²) in [6, 6.07) is 3.40. The monoisotopic (exact) mass is 273 g/mol. The third kappa shape index (κ3) is 3.88. The summed E-state index contributed by atoms with van der Waals surface area (Å²) in [5, 5.41) is 3.17. The molecule has 0 saturated heterocycles. The molecule has 0 fully saturated rings. The maximum Gasteiger partial charge on any atom is 0.251 e. The zero-order chi connectivity index (χ0) is 14.5. The first-order valence-electron chi connectivity index (χ1n) is 6.72. The Morgan fingerprint density at radius 2 is 2.00 bits per heavy atom. The van der Waals surface area contributed by atoms with Gasteiger partial charge in [-0.3, -0.25) is 4.79 Å². The van der Waals surface area contributed by atoms with Gasteiger partial charge in [0.15, 0.2) is 0 Å². The van der Waals surface area contributed by atoms with Crippen molar-refractivity contribution in [1.29, 1.82) is 0 Å². The van der Waals surface area contributed by atoms with E-state index < -0.39 is 0 Å². The first-order valence-corrected chi connectivity index (χ1v) is 6.72. The topological polar surface area (TPSA) is 83.6 Å². The lowest BCUT2D eigenvalue weighted by Gasteiger charge is -2.08. The Bertz CT molecular complexity index is 650. The van der Waals surface area contributed by atoms with Crippen LogP contribution < -0.4 is 10.9 Å². The van der Waals surface area contributed by atoms with Gasteiger partial charge >= 0.3 is 0 Å². The van der Waals surface area contributed by atoms with Crippen molar-refractivity contribution >= 4 is 5.82 Å². The molecule has 0 atom stereocenters. The Morgan fingerprint density at radius 1 is 1.20 bits per heavy atom. The van der Waals surface area contributed by atoms with Crippen molar-refractivity contribution in [3.8, 4) is 0 Å². The summed E-state index contributed by atoms with van der Waals surface area (Å²) >= 11 is 0. The largest absolute Gasteiger partial charge is 0.363 e. The molecule has 20 heavy (non-hydrogen) atoms. The number of nitrogens with zero attached hydrogens (tertiary/aromatic N) is 3. The molecule has 6 heteroatoms. The fourth-order valence-electron chi connectivity index (χ4n) is 2.00. The van der Waals surface area contributed by atoms with Crippen molar-refractivity contribution in [2.75, 3.05) is 5.32 Å². The average molecular weight is 273 g/mol. The Kier molecular flexibility index (Phi) is 4.45. The number of hydrogen-bond acceptors (Lipinski definition) is 5. The summed E-state index contributed by atoms with van der Waals surface area (Å²) in [6.07, 6.45) is 1.97. The smallest absolute Gasteiger partial charge is 0.251 e. The molecule has 0 unspecified atom stereocenters. The molecule has 0 amide bonds.